The molecule has 8 heteroatoms. The predicted molar refractivity (Wildman–Crippen MR) is 109 cm³/mol. The van der Waals surface area contributed by atoms with Crippen LogP contribution in [0.25, 0.3) is 10.6 Å². The molecular formula is C20H18N4O3S. The highest BCUT2D eigenvalue weighted by Gasteiger charge is 2.21. The highest BCUT2D eigenvalue weighted by molar-refractivity contribution is 7.13. The van der Waals surface area contributed by atoms with E-state index in [0.717, 1.165) is 22.0 Å². The van der Waals surface area contributed by atoms with Crippen molar-refractivity contribution in [2.24, 2.45) is 0 Å². The van der Waals surface area contributed by atoms with Crippen LogP contribution >= 0.6 is 11.3 Å². The summed E-state index contributed by atoms with van der Waals surface area (Å²) >= 11 is 1.40. The van der Waals surface area contributed by atoms with E-state index in [4.69, 9.17) is 4.74 Å². The standard InChI is InChI=1S/C20H18N4O3S/c1-27-16-7-5-13(6-8-16)19-23-17(12-28-19)18(25)22-14-3-2-4-15(11-14)24-10-9-21-20(24)26/h2-8,11-12H,9-10H2,1H3,(H,21,26)(H,22,25). The smallest absolute Gasteiger partial charge is 0.321 e. The number of rotatable bonds is 5. The first-order valence-electron chi connectivity index (χ1n) is 8.71. The molecule has 2 N–H and O–H groups in total. The number of carbonyl (C=O) groups excluding carboxylic acids is 2. The fraction of sp³-hybridized carbons (Fsp3) is 0.150. The van der Waals surface area contributed by atoms with Crippen molar-refractivity contribution in [1.82, 2.24) is 10.3 Å². The number of methoxy groups -OCH3 is 1. The summed E-state index contributed by atoms with van der Waals surface area (Å²) in [6.45, 7) is 1.22. The van der Waals surface area contributed by atoms with Gasteiger partial charge in [0, 0.05) is 35.4 Å². The molecule has 4 rings (SSSR count). The highest BCUT2D eigenvalue weighted by Crippen LogP contribution is 2.26. The molecule has 3 amide bonds. The highest BCUT2D eigenvalue weighted by atomic mass is 32.1. The average molecular weight is 394 g/mol. The monoisotopic (exact) mass is 394 g/mol. The zero-order valence-electron chi connectivity index (χ0n) is 15.1. The minimum absolute atomic E-state index is 0.132. The van der Waals surface area contributed by atoms with Gasteiger partial charge in [-0.1, -0.05) is 6.07 Å². The number of anilines is 2. The Morgan fingerprint density at radius 2 is 2.07 bits per heavy atom. The summed E-state index contributed by atoms with van der Waals surface area (Å²) in [6.07, 6.45) is 0. The van der Waals surface area contributed by atoms with Crippen molar-refractivity contribution in [3.05, 3.63) is 59.6 Å². The SMILES string of the molecule is COc1ccc(-c2nc(C(=O)Nc3cccc(N4CCNC4=O)c3)cs2)cc1. The summed E-state index contributed by atoms with van der Waals surface area (Å²) in [7, 11) is 1.62. The Hall–Kier alpha value is -3.39. The van der Waals surface area contributed by atoms with Crippen molar-refractivity contribution in [2.75, 3.05) is 30.4 Å². The van der Waals surface area contributed by atoms with Gasteiger partial charge in [0.25, 0.3) is 5.91 Å². The van der Waals surface area contributed by atoms with Gasteiger partial charge in [0.15, 0.2) is 0 Å². The number of hydrogen-bond acceptors (Lipinski definition) is 5. The molecule has 7 nitrogen and oxygen atoms in total. The molecule has 0 bridgehead atoms. The van der Waals surface area contributed by atoms with Crippen molar-refractivity contribution in [1.29, 1.82) is 0 Å². The number of urea groups is 1. The second-order valence-corrected chi connectivity index (χ2v) is 7.01. The zero-order valence-corrected chi connectivity index (χ0v) is 16.0. The zero-order chi connectivity index (χ0) is 19.5. The average Bonchev–Trinajstić information content (AvgIpc) is 3.38. The largest absolute Gasteiger partial charge is 0.497 e. The molecule has 1 aromatic heterocycles. The van der Waals surface area contributed by atoms with Crippen LogP contribution in [0.4, 0.5) is 16.2 Å². The molecule has 1 fully saturated rings. The third-order valence-corrected chi connectivity index (χ3v) is 5.24. The van der Waals surface area contributed by atoms with Gasteiger partial charge in [-0.2, -0.15) is 0 Å². The quantitative estimate of drug-likeness (QED) is 0.693. The first-order chi connectivity index (χ1) is 13.6. The Morgan fingerprint density at radius 3 is 2.79 bits per heavy atom. The topological polar surface area (TPSA) is 83.6 Å². The molecule has 0 radical (unpaired) electrons. The third-order valence-electron chi connectivity index (χ3n) is 4.35. The van der Waals surface area contributed by atoms with Crippen molar-refractivity contribution < 1.29 is 14.3 Å². The molecule has 1 aliphatic heterocycles. The fourth-order valence-electron chi connectivity index (χ4n) is 2.91. The van der Waals surface area contributed by atoms with E-state index in [0.29, 0.717) is 24.5 Å². The van der Waals surface area contributed by atoms with E-state index in [9.17, 15) is 9.59 Å². The van der Waals surface area contributed by atoms with E-state index < -0.39 is 0 Å². The summed E-state index contributed by atoms with van der Waals surface area (Å²) < 4.78 is 5.16. The van der Waals surface area contributed by atoms with E-state index in [1.165, 1.54) is 11.3 Å². The lowest BCUT2D eigenvalue weighted by Gasteiger charge is -2.15. The Labute approximate surface area is 166 Å². The molecule has 28 heavy (non-hydrogen) atoms. The summed E-state index contributed by atoms with van der Waals surface area (Å²) in [6, 6.07) is 14.6. The maximum atomic E-state index is 12.6. The Bertz CT molecular complexity index is 1020. The molecule has 0 saturated carbocycles. The molecule has 142 valence electrons. The molecule has 3 aromatic rings. The van der Waals surface area contributed by atoms with Crippen LogP contribution < -0.4 is 20.3 Å². The van der Waals surface area contributed by atoms with Crippen molar-refractivity contribution >= 4 is 34.6 Å². The Kier molecular flexibility index (Phi) is 4.94. The summed E-state index contributed by atoms with van der Waals surface area (Å²) in [4.78, 5) is 30.5. The molecule has 2 heterocycles. The summed E-state index contributed by atoms with van der Waals surface area (Å²) in [5.41, 5.74) is 2.62. The molecule has 1 aliphatic rings. The Morgan fingerprint density at radius 1 is 1.25 bits per heavy atom. The number of nitrogens with one attached hydrogen (secondary N) is 2. The minimum Gasteiger partial charge on any atom is -0.497 e. The number of ether oxygens (including phenoxy) is 1. The number of amides is 3. The van der Waals surface area contributed by atoms with E-state index >= 15 is 0 Å². The van der Waals surface area contributed by atoms with Gasteiger partial charge in [0.05, 0.1) is 7.11 Å². The van der Waals surface area contributed by atoms with Crippen LogP contribution in [0.3, 0.4) is 0 Å². The predicted octanol–water partition coefficient (Wildman–Crippen LogP) is 3.60. The number of benzene rings is 2. The van der Waals surface area contributed by atoms with Gasteiger partial charge in [-0.05, 0) is 42.5 Å². The van der Waals surface area contributed by atoms with Gasteiger partial charge in [0.1, 0.15) is 16.5 Å². The lowest BCUT2D eigenvalue weighted by Crippen LogP contribution is -2.27. The fourth-order valence-corrected chi connectivity index (χ4v) is 3.72. The van der Waals surface area contributed by atoms with Crippen LogP contribution in [0, 0.1) is 0 Å². The summed E-state index contributed by atoms with van der Waals surface area (Å²) in [5, 5.41) is 8.10. The lowest BCUT2D eigenvalue weighted by molar-refractivity contribution is 0.102. The second kappa shape index (κ2) is 7.69. The molecule has 0 spiro atoms. The normalized spacial score (nSPS) is 13.3. The van der Waals surface area contributed by atoms with Gasteiger partial charge in [-0.15, -0.1) is 11.3 Å². The maximum Gasteiger partial charge on any atom is 0.321 e. The van der Waals surface area contributed by atoms with Gasteiger partial charge < -0.3 is 15.4 Å². The number of aromatic nitrogens is 1. The number of hydrogen-bond donors (Lipinski definition) is 2. The van der Waals surface area contributed by atoms with Gasteiger partial charge >= 0.3 is 6.03 Å². The van der Waals surface area contributed by atoms with Crippen LogP contribution in [0.15, 0.2) is 53.9 Å². The van der Waals surface area contributed by atoms with Crippen molar-refractivity contribution in [2.45, 2.75) is 0 Å². The molecule has 1 saturated heterocycles. The molecule has 0 aliphatic carbocycles. The lowest BCUT2D eigenvalue weighted by atomic mass is 10.2. The van der Waals surface area contributed by atoms with Crippen LogP contribution in [0.2, 0.25) is 0 Å². The van der Waals surface area contributed by atoms with Crippen LogP contribution in [0.1, 0.15) is 10.5 Å². The minimum atomic E-state index is -0.293. The molecule has 0 unspecified atom stereocenters. The maximum absolute atomic E-state index is 12.6. The van der Waals surface area contributed by atoms with Gasteiger partial charge in [0.2, 0.25) is 0 Å². The molecule has 2 aromatic carbocycles. The van der Waals surface area contributed by atoms with Gasteiger partial charge in [-0.3, -0.25) is 9.69 Å². The van der Waals surface area contributed by atoms with E-state index in [-0.39, 0.29) is 11.9 Å². The van der Waals surface area contributed by atoms with E-state index in [2.05, 4.69) is 15.6 Å². The second-order valence-electron chi connectivity index (χ2n) is 6.15. The van der Waals surface area contributed by atoms with Crippen molar-refractivity contribution in [3.8, 4) is 16.3 Å². The molecular weight excluding hydrogens is 376 g/mol. The first-order valence-corrected chi connectivity index (χ1v) is 9.59. The first kappa shape index (κ1) is 18.0. The van der Waals surface area contributed by atoms with Crippen LogP contribution in [-0.2, 0) is 0 Å². The van der Waals surface area contributed by atoms with E-state index in [1.54, 1.807) is 35.6 Å². The third kappa shape index (κ3) is 3.67. The van der Waals surface area contributed by atoms with E-state index in [1.807, 2.05) is 30.3 Å². The number of thiazole rings is 1. The number of carbonyl (C=O) groups is 2. The van der Waals surface area contributed by atoms with Crippen LogP contribution in [0.5, 0.6) is 5.75 Å². The van der Waals surface area contributed by atoms with Gasteiger partial charge in [-0.25, -0.2) is 9.78 Å². The van der Waals surface area contributed by atoms with Crippen molar-refractivity contribution in [3.63, 3.8) is 0 Å². The Balaban J connectivity index is 1.48. The summed E-state index contributed by atoms with van der Waals surface area (Å²) in [5.74, 6) is 0.476. The number of nitrogens with zero attached hydrogens (tertiary/aromatic N) is 2. The van der Waals surface area contributed by atoms with Crippen LogP contribution in [-0.4, -0.2) is 37.1 Å². The molecule has 0 atom stereocenters.